The molecule has 0 saturated carbocycles. The Kier molecular flexibility index (Phi) is 5.96. The van der Waals surface area contributed by atoms with Crippen LogP contribution in [-0.2, 0) is 17.6 Å². The van der Waals surface area contributed by atoms with Crippen LogP contribution in [0.15, 0.2) is 30.3 Å². The molecule has 0 radical (unpaired) electrons. The van der Waals surface area contributed by atoms with E-state index in [1.54, 1.807) is 6.08 Å². The zero-order chi connectivity index (χ0) is 19.4. The number of carbonyl (C=O) groups excluding carboxylic acids is 2. The number of carbonyl (C=O) groups is 2. The summed E-state index contributed by atoms with van der Waals surface area (Å²) in [5.41, 5.74) is 7.89. The molecule has 1 aromatic carbocycles. The summed E-state index contributed by atoms with van der Waals surface area (Å²) in [5.74, 6) is 0.524. The second-order valence-corrected chi connectivity index (χ2v) is 7.82. The van der Waals surface area contributed by atoms with Crippen molar-refractivity contribution >= 4 is 34.2 Å². The molecule has 3 rings (SSSR count). The maximum absolute atomic E-state index is 12.4. The molecule has 3 N–H and O–H groups in total. The Labute approximate surface area is 163 Å². The van der Waals surface area contributed by atoms with E-state index < -0.39 is 5.91 Å². The Hall–Kier alpha value is -2.60. The number of benzene rings is 1. The molecular weight excluding hydrogens is 360 g/mol. The quantitative estimate of drug-likeness (QED) is 0.738. The van der Waals surface area contributed by atoms with Gasteiger partial charge in [-0.3, -0.25) is 9.59 Å². The van der Waals surface area contributed by atoms with Crippen LogP contribution in [0.1, 0.15) is 46.6 Å². The number of hydrogen-bond donors (Lipinski definition) is 2. The number of anilines is 1. The molecule has 27 heavy (non-hydrogen) atoms. The van der Waals surface area contributed by atoms with E-state index in [9.17, 15) is 9.59 Å². The fourth-order valence-electron chi connectivity index (χ4n) is 3.32. The van der Waals surface area contributed by atoms with Gasteiger partial charge in [-0.25, -0.2) is 0 Å². The normalized spacial score (nSPS) is 16.1. The largest absolute Gasteiger partial charge is 0.493 e. The predicted octanol–water partition coefficient (Wildman–Crippen LogP) is 4.02. The Bertz CT molecular complexity index is 886. The lowest BCUT2D eigenvalue weighted by molar-refractivity contribution is -0.111. The number of thiophene rings is 1. The number of primary amides is 1. The SMILES string of the molecule is CCOc1ccccc1/C=C/C(=O)Nc1sc2c(c1C(N)=O)CCC(C)C2. The van der Waals surface area contributed by atoms with Crippen LogP contribution < -0.4 is 15.8 Å². The smallest absolute Gasteiger partial charge is 0.251 e. The van der Waals surface area contributed by atoms with E-state index in [2.05, 4.69) is 12.2 Å². The van der Waals surface area contributed by atoms with Gasteiger partial charge >= 0.3 is 0 Å². The van der Waals surface area contributed by atoms with Gasteiger partial charge in [-0.1, -0.05) is 25.1 Å². The highest BCUT2D eigenvalue weighted by Crippen LogP contribution is 2.39. The summed E-state index contributed by atoms with van der Waals surface area (Å²) in [6.07, 6.45) is 5.95. The lowest BCUT2D eigenvalue weighted by atomic mass is 9.88. The first-order chi connectivity index (χ1) is 13.0. The van der Waals surface area contributed by atoms with Crippen LogP contribution in [0.3, 0.4) is 0 Å². The summed E-state index contributed by atoms with van der Waals surface area (Å²) in [7, 11) is 0. The minimum absolute atomic E-state index is 0.296. The minimum Gasteiger partial charge on any atom is -0.493 e. The molecule has 2 amide bonds. The van der Waals surface area contributed by atoms with Crippen molar-refractivity contribution in [2.75, 3.05) is 11.9 Å². The first-order valence-corrected chi connectivity index (χ1v) is 9.96. The number of ether oxygens (including phenoxy) is 1. The minimum atomic E-state index is -0.483. The van der Waals surface area contributed by atoms with E-state index >= 15 is 0 Å². The van der Waals surface area contributed by atoms with E-state index in [0.717, 1.165) is 41.0 Å². The fourth-order valence-corrected chi connectivity index (χ4v) is 4.74. The third kappa shape index (κ3) is 4.39. The maximum Gasteiger partial charge on any atom is 0.251 e. The molecule has 5 nitrogen and oxygen atoms in total. The van der Waals surface area contributed by atoms with Crippen molar-refractivity contribution in [1.29, 1.82) is 0 Å². The number of hydrogen-bond acceptors (Lipinski definition) is 4. The summed E-state index contributed by atoms with van der Waals surface area (Å²) in [4.78, 5) is 25.5. The number of nitrogens with two attached hydrogens (primary N) is 1. The molecule has 1 aromatic heterocycles. The Balaban J connectivity index is 1.80. The molecule has 1 aliphatic rings. The van der Waals surface area contributed by atoms with Gasteiger partial charge in [-0.2, -0.15) is 0 Å². The van der Waals surface area contributed by atoms with Crippen molar-refractivity contribution in [3.8, 4) is 5.75 Å². The van der Waals surface area contributed by atoms with Crippen molar-refractivity contribution in [3.05, 3.63) is 51.9 Å². The van der Waals surface area contributed by atoms with Gasteiger partial charge in [0.15, 0.2) is 0 Å². The molecular formula is C21H24N2O3S. The molecule has 2 aromatic rings. The number of amides is 2. The van der Waals surface area contributed by atoms with Crippen molar-refractivity contribution < 1.29 is 14.3 Å². The van der Waals surface area contributed by atoms with Gasteiger partial charge in [0.05, 0.1) is 12.2 Å². The molecule has 0 bridgehead atoms. The van der Waals surface area contributed by atoms with Crippen molar-refractivity contribution in [3.63, 3.8) is 0 Å². The van der Waals surface area contributed by atoms with Crippen LogP contribution in [0, 0.1) is 5.92 Å². The topological polar surface area (TPSA) is 81.4 Å². The van der Waals surface area contributed by atoms with Gasteiger partial charge in [0.25, 0.3) is 5.91 Å². The highest BCUT2D eigenvalue weighted by atomic mass is 32.1. The monoisotopic (exact) mass is 384 g/mol. The average Bonchev–Trinajstić information content (AvgIpc) is 2.98. The Morgan fingerprint density at radius 1 is 1.37 bits per heavy atom. The zero-order valence-electron chi connectivity index (χ0n) is 15.6. The second-order valence-electron chi connectivity index (χ2n) is 6.71. The standard InChI is InChI=1S/C21H24N2O3S/c1-3-26-16-7-5-4-6-14(16)9-11-18(24)23-21-19(20(22)25)15-10-8-13(2)12-17(15)27-21/h4-7,9,11,13H,3,8,10,12H2,1-2H3,(H2,22,25)(H,23,24)/b11-9+. The van der Waals surface area contributed by atoms with Gasteiger partial charge in [0.1, 0.15) is 10.8 Å². The third-order valence-electron chi connectivity index (χ3n) is 4.63. The molecule has 0 saturated heterocycles. The maximum atomic E-state index is 12.4. The van der Waals surface area contributed by atoms with E-state index in [4.69, 9.17) is 10.5 Å². The molecule has 0 fully saturated rings. The van der Waals surface area contributed by atoms with Crippen molar-refractivity contribution in [2.45, 2.75) is 33.1 Å². The number of nitrogens with one attached hydrogen (secondary N) is 1. The highest BCUT2D eigenvalue weighted by Gasteiger charge is 2.26. The first-order valence-electron chi connectivity index (χ1n) is 9.14. The lowest BCUT2D eigenvalue weighted by Gasteiger charge is -2.18. The summed E-state index contributed by atoms with van der Waals surface area (Å²) in [6, 6.07) is 7.52. The van der Waals surface area contributed by atoms with Crippen LogP contribution in [-0.4, -0.2) is 18.4 Å². The van der Waals surface area contributed by atoms with Gasteiger partial charge in [-0.05, 0) is 49.8 Å². The third-order valence-corrected chi connectivity index (χ3v) is 5.80. The zero-order valence-corrected chi connectivity index (χ0v) is 16.4. The fraction of sp³-hybridized carbons (Fsp3) is 0.333. The lowest BCUT2D eigenvalue weighted by Crippen LogP contribution is -2.18. The molecule has 1 atom stereocenters. The first kappa shape index (κ1) is 19.2. The van der Waals surface area contributed by atoms with E-state index in [1.807, 2.05) is 31.2 Å². The van der Waals surface area contributed by atoms with Crippen molar-refractivity contribution in [2.24, 2.45) is 11.7 Å². The number of fused-ring (bicyclic) bond motifs is 1. The van der Waals surface area contributed by atoms with E-state index in [1.165, 1.54) is 17.4 Å². The number of para-hydroxylation sites is 1. The second kappa shape index (κ2) is 8.39. The van der Waals surface area contributed by atoms with Crippen LogP contribution in [0.4, 0.5) is 5.00 Å². The molecule has 0 aliphatic heterocycles. The van der Waals surface area contributed by atoms with Crippen LogP contribution in [0.25, 0.3) is 6.08 Å². The van der Waals surface area contributed by atoms with Gasteiger partial charge < -0.3 is 15.8 Å². The molecule has 0 spiro atoms. The Morgan fingerprint density at radius 3 is 2.89 bits per heavy atom. The van der Waals surface area contributed by atoms with E-state index in [-0.39, 0.29) is 5.91 Å². The average molecular weight is 385 g/mol. The van der Waals surface area contributed by atoms with E-state index in [0.29, 0.717) is 23.1 Å². The summed E-state index contributed by atoms with van der Waals surface area (Å²) in [5, 5.41) is 3.39. The predicted molar refractivity (Wildman–Crippen MR) is 109 cm³/mol. The van der Waals surface area contributed by atoms with Crippen LogP contribution in [0.2, 0.25) is 0 Å². The summed E-state index contributed by atoms with van der Waals surface area (Å²) < 4.78 is 5.56. The van der Waals surface area contributed by atoms with Gasteiger partial charge in [0, 0.05) is 16.5 Å². The molecule has 1 unspecified atom stereocenters. The Morgan fingerprint density at radius 2 is 2.15 bits per heavy atom. The van der Waals surface area contributed by atoms with Gasteiger partial charge in [0.2, 0.25) is 5.91 Å². The molecule has 142 valence electrons. The van der Waals surface area contributed by atoms with Crippen LogP contribution >= 0.6 is 11.3 Å². The summed E-state index contributed by atoms with van der Waals surface area (Å²) >= 11 is 1.46. The van der Waals surface area contributed by atoms with Crippen LogP contribution in [0.5, 0.6) is 5.75 Å². The molecule has 1 aliphatic carbocycles. The molecule has 1 heterocycles. The summed E-state index contributed by atoms with van der Waals surface area (Å²) in [6.45, 7) is 4.67. The van der Waals surface area contributed by atoms with Gasteiger partial charge in [-0.15, -0.1) is 11.3 Å². The number of rotatable bonds is 6. The van der Waals surface area contributed by atoms with Crippen molar-refractivity contribution in [1.82, 2.24) is 0 Å². The highest BCUT2D eigenvalue weighted by molar-refractivity contribution is 7.17. The molecule has 6 heteroatoms.